The van der Waals surface area contributed by atoms with Crippen molar-refractivity contribution in [2.24, 2.45) is 11.1 Å². The molecule has 0 unspecified atom stereocenters. The van der Waals surface area contributed by atoms with Crippen molar-refractivity contribution < 1.29 is 4.79 Å². The van der Waals surface area contributed by atoms with Crippen LogP contribution >= 0.6 is 28.3 Å². The molecule has 116 valence electrons. The number of H-pyrrole nitrogens is 1. The fraction of sp³-hybridized carbons (Fsp3) is 0.692. The molecule has 0 radical (unpaired) electrons. The molecule has 0 saturated heterocycles. The topological polar surface area (TPSA) is 75.0 Å². The van der Waals surface area contributed by atoms with E-state index in [0.717, 1.165) is 10.2 Å². The standard InChI is InChI=1S/C13H23BrN4O.ClH/c1-8(2)10-9(14)11(17-16-10)12(19)18(5)7-13(3,4)6-15;/h8H,6-7,15H2,1-5H3,(H,16,17);1H. The van der Waals surface area contributed by atoms with E-state index in [1.54, 1.807) is 11.9 Å². The molecule has 0 saturated carbocycles. The van der Waals surface area contributed by atoms with Gasteiger partial charge in [-0.1, -0.05) is 27.7 Å². The Morgan fingerprint density at radius 2 is 2.05 bits per heavy atom. The predicted octanol–water partition coefficient (Wildman–Crippen LogP) is 2.77. The fourth-order valence-electron chi connectivity index (χ4n) is 1.83. The van der Waals surface area contributed by atoms with Crippen LogP contribution in [0.5, 0.6) is 0 Å². The molecule has 1 aromatic rings. The van der Waals surface area contributed by atoms with Gasteiger partial charge in [0, 0.05) is 13.6 Å². The van der Waals surface area contributed by atoms with Crippen molar-refractivity contribution in [2.45, 2.75) is 33.6 Å². The number of hydrogen-bond donors (Lipinski definition) is 2. The smallest absolute Gasteiger partial charge is 0.275 e. The Balaban J connectivity index is 0.00000361. The first-order chi connectivity index (χ1) is 8.69. The van der Waals surface area contributed by atoms with Gasteiger partial charge >= 0.3 is 0 Å². The molecule has 7 heteroatoms. The molecule has 1 heterocycles. The quantitative estimate of drug-likeness (QED) is 0.840. The van der Waals surface area contributed by atoms with Crippen molar-refractivity contribution in [2.75, 3.05) is 20.1 Å². The summed E-state index contributed by atoms with van der Waals surface area (Å²) in [4.78, 5) is 14.0. The van der Waals surface area contributed by atoms with E-state index in [0.29, 0.717) is 18.8 Å². The molecule has 0 bridgehead atoms. The monoisotopic (exact) mass is 366 g/mol. The second-order valence-corrected chi connectivity index (χ2v) is 6.78. The molecule has 0 atom stereocenters. The highest BCUT2D eigenvalue weighted by Gasteiger charge is 2.26. The molecule has 0 aliphatic rings. The van der Waals surface area contributed by atoms with Gasteiger partial charge in [-0.3, -0.25) is 9.89 Å². The minimum Gasteiger partial charge on any atom is -0.340 e. The summed E-state index contributed by atoms with van der Waals surface area (Å²) in [7, 11) is 1.77. The van der Waals surface area contributed by atoms with E-state index in [4.69, 9.17) is 5.73 Å². The van der Waals surface area contributed by atoms with Gasteiger partial charge in [0.05, 0.1) is 10.2 Å². The van der Waals surface area contributed by atoms with Crippen molar-refractivity contribution >= 4 is 34.2 Å². The van der Waals surface area contributed by atoms with E-state index >= 15 is 0 Å². The van der Waals surface area contributed by atoms with Gasteiger partial charge in [0.25, 0.3) is 5.91 Å². The first kappa shape index (κ1) is 19.4. The number of amides is 1. The molecule has 1 aromatic heterocycles. The van der Waals surface area contributed by atoms with Crippen LogP contribution in [0.1, 0.15) is 49.8 Å². The molecule has 0 aromatic carbocycles. The van der Waals surface area contributed by atoms with Crippen LogP contribution in [-0.4, -0.2) is 41.1 Å². The first-order valence-electron chi connectivity index (χ1n) is 6.39. The van der Waals surface area contributed by atoms with Crippen LogP contribution in [0.4, 0.5) is 0 Å². The number of aromatic nitrogens is 2. The Morgan fingerprint density at radius 3 is 2.45 bits per heavy atom. The Labute approximate surface area is 135 Å². The van der Waals surface area contributed by atoms with Crippen LogP contribution in [0.3, 0.4) is 0 Å². The van der Waals surface area contributed by atoms with Crippen molar-refractivity contribution in [3.8, 4) is 0 Å². The highest BCUT2D eigenvalue weighted by Crippen LogP contribution is 2.26. The van der Waals surface area contributed by atoms with Crippen LogP contribution in [0.2, 0.25) is 0 Å². The van der Waals surface area contributed by atoms with Gasteiger partial charge in [0.2, 0.25) is 0 Å². The molecular weight excluding hydrogens is 344 g/mol. The molecule has 0 aliphatic carbocycles. The number of hydrogen-bond acceptors (Lipinski definition) is 3. The van der Waals surface area contributed by atoms with Crippen molar-refractivity contribution in [1.82, 2.24) is 15.1 Å². The molecule has 20 heavy (non-hydrogen) atoms. The number of carbonyl (C=O) groups excluding carboxylic acids is 1. The van der Waals surface area contributed by atoms with Gasteiger partial charge < -0.3 is 10.6 Å². The molecule has 0 fully saturated rings. The minimum absolute atomic E-state index is 0. The molecule has 0 spiro atoms. The molecule has 5 nitrogen and oxygen atoms in total. The molecule has 1 amide bonds. The highest BCUT2D eigenvalue weighted by atomic mass is 79.9. The zero-order valence-electron chi connectivity index (χ0n) is 12.7. The molecule has 0 aliphatic heterocycles. The second-order valence-electron chi connectivity index (χ2n) is 5.98. The normalized spacial score (nSPS) is 11.4. The maximum atomic E-state index is 12.4. The highest BCUT2D eigenvalue weighted by molar-refractivity contribution is 9.10. The van der Waals surface area contributed by atoms with Gasteiger partial charge in [0.1, 0.15) is 0 Å². The number of halogens is 2. The van der Waals surface area contributed by atoms with E-state index in [2.05, 4.69) is 26.1 Å². The number of nitrogens with two attached hydrogens (primary N) is 1. The zero-order chi connectivity index (χ0) is 14.8. The maximum absolute atomic E-state index is 12.4. The minimum atomic E-state index is -0.103. The number of nitrogens with one attached hydrogen (secondary N) is 1. The summed E-state index contributed by atoms with van der Waals surface area (Å²) in [6, 6.07) is 0. The van der Waals surface area contributed by atoms with Gasteiger partial charge in [-0.25, -0.2) is 0 Å². The van der Waals surface area contributed by atoms with Crippen LogP contribution in [0.15, 0.2) is 4.47 Å². The lowest BCUT2D eigenvalue weighted by Crippen LogP contribution is -2.40. The van der Waals surface area contributed by atoms with Crippen molar-refractivity contribution in [3.05, 3.63) is 15.9 Å². The number of nitrogens with zero attached hydrogens (tertiary/aromatic N) is 2. The number of aromatic amines is 1. The summed E-state index contributed by atoms with van der Waals surface area (Å²) in [6.07, 6.45) is 0. The van der Waals surface area contributed by atoms with E-state index in [9.17, 15) is 4.79 Å². The third-order valence-electron chi connectivity index (χ3n) is 3.08. The zero-order valence-corrected chi connectivity index (χ0v) is 15.1. The summed E-state index contributed by atoms with van der Waals surface area (Å²) in [5.74, 6) is 0.186. The van der Waals surface area contributed by atoms with Gasteiger partial charge in [-0.2, -0.15) is 5.10 Å². The lowest BCUT2D eigenvalue weighted by atomic mass is 9.93. The van der Waals surface area contributed by atoms with E-state index in [1.807, 2.05) is 27.7 Å². The van der Waals surface area contributed by atoms with Crippen LogP contribution < -0.4 is 5.73 Å². The molecule has 3 N–H and O–H groups in total. The van der Waals surface area contributed by atoms with Gasteiger partial charge in [-0.05, 0) is 33.8 Å². The van der Waals surface area contributed by atoms with Crippen LogP contribution in [0.25, 0.3) is 0 Å². The summed E-state index contributed by atoms with van der Waals surface area (Å²) in [5.41, 5.74) is 6.96. The van der Waals surface area contributed by atoms with Crippen LogP contribution in [0, 0.1) is 5.41 Å². The third-order valence-corrected chi connectivity index (χ3v) is 3.88. The number of rotatable bonds is 5. The van der Waals surface area contributed by atoms with Crippen molar-refractivity contribution in [3.63, 3.8) is 0 Å². The lowest BCUT2D eigenvalue weighted by molar-refractivity contribution is 0.0734. The van der Waals surface area contributed by atoms with Gasteiger partial charge in [0.15, 0.2) is 5.69 Å². The largest absolute Gasteiger partial charge is 0.340 e. The SMILES string of the molecule is CC(C)c1[nH]nc(C(=O)N(C)CC(C)(C)CN)c1Br.Cl. The lowest BCUT2D eigenvalue weighted by Gasteiger charge is -2.28. The van der Waals surface area contributed by atoms with Crippen molar-refractivity contribution in [1.29, 1.82) is 0 Å². The van der Waals surface area contributed by atoms with E-state index in [-0.39, 0.29) is 29.6 Å². The Kier molecular flexibility index (Phi) is 7.21. The summed E-state index contributed by atoms with van der Waals surface area (Å²) in [6.45, 7) is 9.30. The summed E-state index contributed by atoms with van der Waals surface area (Å²) in [5, 5.41) is 7.04. The average Bonchev–Trinajstić information content (AvgIpc) is 2.69. The third kappa shape index (κ3) is 4.46. The average molecular weight is 368 g/mol. The fourth-order valence-corrected chi connectivity index (χ4v) is 2.63. The molecule has 1 rings (SSSR count). The maximum Gasteiger partial charge on any atom is 0.275 e. The predicted molar refractivity (Wildman–Crippen MR) is 87.4 cm³/mol. The number of carbonyl (C=O) groups is 1. The summed E-state index contributed by atoms with van der Waals surface area (Å²) >= 11 is 3.45. The van der Waals surface area contributed by atoms with E-state index < -0.39 is 0 Å². The summed E-state index contributed by atoms with van der Waals surface area (Å²) < 4.78 is 0.755. The van der Waals surface area contributed by atoms with Gasteiger partial charge in [-0.15, -0.1) is 12.4 Å². The second kappa shape index (κ2) is 7.43. The Morgan fingerprint density at radius 1 is 1.50 bits per heavy atom. The van der Waals surface area contributed by atoms with E-state index in [1.165, 1.54) is 0 Å². The Bertz CT molecular complexity index is 459. The first-order valence-corrected chi connectivity index (χ1v) is 7.18. The van der Waals surface area contributed by atoms with Crippen LogP contribution in [-0.2, 0) is 0 Å². The Hall–Kier alpha value is -0.590. The molecular formula is C13H24BrClN4O.